The number of hydrogen-bond donors (Lipinski definition) is 0. The minimum Gasteiger partial charge on any atom is -0.304 e. The van der Waals surface area contributed by atoms with Crippen molar-refractivity contribution in [3.8, 4) is 0 Å². The van der Waals surface area contributed by atoms with E-state index in [0.29, 0.717) is 0 Å². The van der Waals surface area contributed by atoms with Gasteiger partial charge in [0.25, 0.3) is 0 Å². The van der Waals surface area contributed by atoms with Gasteiger partial charge in [0, 0.05) is 6.20 Å². The van der Waals surface area contributed by atoms with Crippen LogP contribution in [0.5, 0.6) is 0 Å². The minimum atomic E-state index is 0.943. The lowest BCUT2D eigenvalue weighted by molar-refractivity contribution is 1.02. The highest BCUT2D eigenvalue weighted by Gasteiger charge is 2.02. The lowest BCUT2D eigenvalue weighted by atomic mass is 10.3. The molecule has 58 valence electrons. The number of hydrogen-bond acceptors (Lipinski definition) is 1. The molecule has 0 bridgehead atoms. The van der Waals surface area contributed by atoms with E-state index >= 15 is 0 Å². The molecule has 0 aromatic carbocycles. The highest BCUT2D eigenvalue weighted by atomic mass is 15.1. The monoisotopic (exact) mass is 148 g/mol. The predicted molar refractivity (Wildman–Crippen MR) is 48.1 cm³/mol. The fourth-order valence-electron chi connectivity index (χ4n) is 1.000. The van der Waals surface area contributed by atoms with Crippen LogP contribution in [0.25, 0.3) is 11.8 Å². The van der Waals surface area contributed by atoms with Gasteiger partial charge in [-0.1, -0.05) is 13.2 Å². The van der Waals surface area contributed by atoms with Gasteiger partial charge in [-0.2, -0.15) is 0 Å². The average molecular weight is 148 g/mol. The van der Waals surface area contributed by atoms with Crippen LogP contribution >= 0.6 is 0 Å². The zero-order valence-corrected chi connectivity index (χ0v) is 6.96. The average Bonchev–Trinajstić information content (AvgIpc) is 2.30. The van der Waals surface area contributed by atoms with Crippen LogP contribution in [-0.2, 0) is 0 Å². The first kappa shape index (κ1) is 7.79. The molecule has 0 amide bonds. The molecule has 0 saturated carbocycles. The summed E-state index contributed by atoms with van der Waals surface area (Å²) >= 11 is 0. The lowest BCUT2D eigenvalue weighted by Gasteiger charge is -2.01. The van der Waals surface area contributed by atoms with Crippen LogP contribution in [0.4, 0.5) is 0 Å². The van der Waals surface area contributed by atoms with E-state index in [9.17, 15) is 0 Å². The second-order valence-corrected chi connectivity index (χ2v) is 2.52. The highest BCUT2D eigenvalue weighted by Crippen LogP contribution is 2.12. The summed E-state index contributed by atoms with van der Waals surface area (Å²) in [5.41, 5.74) is 2.03. The molecule has 0 unspecified atom stereocenters. The Morgan fingerprint density at radius 1 is 1.73 bits per heavy atom. The third kappa shape index (κ3) is 1.24. The molecule has 0 N–H and O–H groups in total. The SMILES string of the molecule is C=Cn1c(C(=C)C)cnc1C. The summed E-state index contributed by atoms with van der Waals surface area (Å²) in [6.45, 7) is 11.4. The van der Waals surface area contributed by atoms with Crippen molar-refractivity contribution in [2.45, 2.75) is 13.8 Å². The van der Waals surface area contributed by atoms with E-state index in [-0.39, 0.29) is 0 Å². The summed E-state index contributed by atoms with van der Waals surface area (Å²) < 4.78 is 1.92. The summed E-state index contributed by atoms with van der Waals surface area (Å²) in [6.07, 6.45) is 3.55. The first-order valence-corrected chi connectivity index (χ1v) is 3.49. The predicted octanol–water partition coefficient (Wildman–Crippen LogP) is 2.33. The molecule has 0 aliphatic heterocycles. The fourth-order valence-corrected chi connectivity index (χ4v) is 1.000. The number of aromatic nitrogens is 2. The molecule has 0 saturated heterocycles. The van der Waals surface area contributed by atoms with E-state index in [2.05, 4.69) is 18.1 Å². The maximum Gasteiger partial charge on any atom is 0.110 e. The van der Waals surface area contributed by atoms with Crippen LogP contribution in [0.1, 0.15) is 18.4 Å². The van der Waals surface area contributed by atoms with E-state index < -0.39 is 0 Å². The van der Waals surface area contributed by atoms with E-state index in [4.69, 9.17) is 0 Å². The van der Waals surface area contributed by atoms with Crippen molar-refractivity contribution in [3.63, 3.8) is 0 Å². The Morgan fingerprint density at radius 2 is 2.36 bits per heavy atom. The van der Waals surface area contributed by atoms with Crippen molar-refractivity contribution in [1.82, 2.24) is 9.55 Å². The zero-order valence-electron chi connectivity index (χ0n) is 6.96. The topological polar surface area (TPSA) is 17.8 Å². The van der Waals surface area contributed by atoms with Gasteiger partial charge in [-0.25, -0.2) is 4.98 Å². The summed E-state index contributed by atoms with van der Waals surface area (Å²) in [7, 11) is 0. The summed E-state index contributed by atoms with van der Waals surface area (Å²) in [5.74, 6) is 0.943. The molecular formula is C9H12N2. The molecule has 0 spiro atoms. The summed E-state index contributed by atoms with van der Waals surface area (Å²) in [4.78, 5) is 4.14. The van der Waals surface area contributed by atoms with Gasteiger partial charge >= 0.3 is 0 Å². The Balaban J connectivity index is 3.26. The van der Waals surface area contributed by atoms with Gasteiger partial charge in [0.1, 0.15) is 5.82 Å². The van der Waals surface area contributed by atoms with Crippen LogP contribution < -0.4 is 0 Å². The van der Waals surface area contributed by atoms with Crippen molar-refractivity contribution in [2.75, 3.05) is 0 Å². The molecule has 1 aromatic heterocycles. The van der Waals surface area contributed by atoms with E-state index in [1.54, 1.807) is 12.4 Å². The van der Waals surface area contributed by atoms with Gasteiger partial charge in [0.15, 0.2) is 0 Å². The molecule has 11 heavy (non-hydrogen) atoms. The molecule has 2 nitrogen and oxygen atoms in total. The number of nitrogens with zero attached hydrogens (tertiary/aromatic N) is 2. The van der Waals surface area contributed by atoms with Gasteiger partial charge < -0.3 is 4.57 Å². The number of rotatable bonds is 2. The number of aryl methyl sites for hydroxylation is 1. The standard InChI is InChI=1S/C9H12N2/c1-5-11-8(4)10-6-9(11)7(2)3/h5-6H,1-2H2,3-4H3. The van der Waals surface area contributed by atoms with Crippen LogP contribution in [0.3, 0.4) is 0 Å². The lowest BCUT2D eigenvalue weighted by Crippen LogP contribution is -1.93. The Bertz CT molecular complexity index is 295. The first-order chi connectivity index (χ1) is 5.16. The molecule has 1 rings (SSSR count). The second-order valence-electron chi connectivity index (χ2n) is 2.52. The molecule has 2 heteroatoms. The summed E-state index contributed by atoms with van der Waals surface area (Å²) in [6, 6.07) is 0. The Labute approximate surface area is 66.9 Å². The Morgan fingerprint density at radius 3 is 2.73 bits per heavy atom. The van der Waals surface area contributed by atoms with Gasteiger partial charge in [0.05, 0.1) is 11.9 Å². The van der Waals surface area contributed by atoms with E-state index in [1.165, 1.54) is 0 Å². The van der Waals surface area contributed by atoms with Crippen molar-refractivity contribution >= 4 is 11.8 Å². The van der Waals surface area contributed by atoms with Crippen molar-refractivity contribution in [1.29, 1.82) is 0 Å². The smallest absolute Gasteiger partial charge is 0.110 e. The van der Waals surface area contributed by atoms with Crippen LogP contribution in [-0.4, -0.2) is 9.55 Å². The van der Waals surface area contributed by atoms with Gasteiger partial charge in [-0.15, -0.1) is 0 Å². The Hall–Kier alpha value is -1.31. The van der Waals surface area contributed by atoms with E-state index in [1.807, 2.05) is 18.4 Å². The molecular weight excluding hydrogens is 136 g/mol. The van der Waals surface area contributed by atoms with Crippen molar-refractivity contribution in [3.05, 3.63) is 30.9 Å². The Kier molecular flexibility index (Phi) is 1.94. The molecule has 0 aliphatic carbocycles. The van der Waals surface area contributed by atoms with Crippen LogP contribution in [0, 0.1) is 6.92 Å². The number of allylic oxidation sites excluding steroid dienone is 1. The molecule has 1 heterocycles. The van der Waals surface area contributed by atoms with Crippen molar-refractivity contribution < 1.29 is 0 Å². The second kappa shape index (κ2) is 2.74. The van der Waals surface area contributed by atoms with Gasteiger partial charge in [-0.05, 0) is 19.4 Å². The highest BCUT2D eigenvalue weighted by molar-refractivity contribution is 5.60. The van der Waals surface area contributed by atoms with Gasteiger partial charge in [-0.3, -0.25) is 0 Å². The molecule has 0 atom stereocenters. The molecule has 0 aliphatic rings. The normalized spacial score (nSPS) is 9.64. The maximum absolute atomic E-state index is 4.14. The molecule has 0 radical (unpaired) electrons. The van der Waals surface area contributed by atoms with E-state index in [0.717, 1.165) is 17.1 Å². The fraction of sp³-hybridized carbons (Fsp3) is 0.222. The minimum absolute atomic E-state index is 0.943. The third-order valence-electron chi connectivity index (χ3n) is 1.60. The number of imidazole rings is 1. The molecule has 1 aromatic rings. The van der Waals surface area contributed by atoms with Gasteiger partial charge in [0.2, 0.25) is 0 Å². The largest absolute Gasteiger partial charge is 0.304 e. The van der Waals surface area contributed by atoms with Crippen molar-refractivity contribution in [2.24, 2.45) is 0 Å². The first-order valence-electron chi connectivity index (χ1n) is 3.49. The quantitative estimate of drug-likeness (QED) is 0.629. The van der Waals surface area contributed by atoms with Crippen LogP contribution in [0.15, 0.2) is 19.4 Å². The molecule has 0 fully saturated rings. The maximum atomic E-state index is 4.14. The zero-order chi connectivity index (χ0) is 8.43. The third-order valence-corrected chi connectivity index (χ3v) is 1.60. The van der Waals surface area contributed by atoms with Crippen LogP contribution in [0.2, 0.25) is 0 Å². The summed E-state index contributed by atoms with van der Waals surface area (Å²) in [5, 5.41) is 0.